The fraction of sp³-hybridized carbons (Fsp3) is 0.900. The van der Waals surface area contributed by atoms with Crippen molar-refractivity contribution in [3.63, 3.8) is 0 Å². The summed E-state index contributed by atoms with van der Waals surface area (Å²) in [6.07, 6.45) is -1.15. The number of amides is 1. The van der Waals surface area contributed by atoms with Crippen LogP contribution in [0.2, 0.25) is 0 Å². The van der Waals surface area contributed by atoms with Crippen LogP contribution in [0.4, 0.5) is 9.18 Å². The molecule has 0 radical (unpaired) electrons. The van der Waals surface area contributed by atoms with Crippen LogP contribution in [0.1, 0.15) is 27.2 Å². The van der Waals surface area contributed by atoms with Gasteiger partial charge in [-0.1, -0.05) is 0 Å². The number of nitrogens with two attached hydrogens (primary N) is 1. The zero-order valence-corrected chi connectivity index (χ0v) is 9.50. The van der Waals surface area contributed by atoms with Crippen LogP contribution in [0.3, 0.4) is 0 Å². The van der Waals surface area contributed by atoms with Gasteiger partial charge in [-0.3, -0.25) is 0 Å². The van der Waals surface area contributed by atoms with Crippen LogP contribution in [0.5, 0.6) is 0 Å². The van der Waals surface area contributed by atoms with Crippen molar-refractivity contribution in [2.45, 2.75) is 45.0 Å². The quantitative estimate of drug-likeness (QED) is 0.721. The van der Waals surface area contributed by atoms with Gasteiger partial charge in [0.05, 0.1) is 6.04 Å². The molecule has 0 saturated carbocycles. The van der Waals surface area contributed by atoms with E-state index in [1.807, 2.05) is 0 Å². The van der Waals surface area contributed by atoms with Gasteiger partial charge in [-0.2, -0.15) is 0 Å². The minimum absolute atomic E-state index is 0.139. The van der Waals surface area contributed by atoms with Crippen molar-refractivity contribution in [1.29, 1.82) is 0 Å². The largest absolute Gasteiger partial charge is 0.444 e. The number of alkyl halides is 1. The van der Waals surface area contributed by atoms with E-state index in [2.05, 4.69) is 0 Å². The lowest BCUT2D eigenvalue weighted by molar-refractivity contribution is 0.0204. The van der Waals surface area contributed by atoms with Crippen LogP contribution >= 0.6 is 0 Å². The maximum absolute atomic E-state index is 13.3. The Morgan fingerprint density at radius 3 is 2.67 bits per heavy atom. The summed E-state index contributed by atoms with van der Waals surface area (Å²) in [4.78, 5) is 13.0. The molecule has 0 bridgehead atoms. The van der Waals surface area contributed by atoms with E-state index < -0.39 is 23.9 Å². The average molecular weight is 218 g/mol. The van der Waals surface area contributed by atoms with Gasteiger partial charge in [-0.25, -0.2) is 9.18 Å². The molecule has 2 N–H and O–H groups in total. The highest BCUT2D eigenvalue weighted by Crippen LogP contribution is 2.22. The molecule has 1 fully saturated rings. The third-order valence-electron chi connectivity index (χ3n) is 2.33. The summed E-state index contributed by atoms with van der Waals surface area (Å²) in [6.45, 7) is 5.88. The summed E-state index contributed by atoms with van der Waals surface area (Å²) in [6, 6.07) is -0.528. The highest BCUT2D eigenvalue weighted by Gasteiger charge is 2.38. The first-order valence-corrected chi connectivity index (χ1v) is 5.19. The summed E-state index contributed by atoms with van der Waals surface area (Å²) in [5, 5.41) is 0. The van der Waals surface area contributed by atoms with Crippen molar-refractivity contribution in [3.05, 3.63) is 0 Å². The van der Waals surface area contributed by atoms with Gasteiger partial charge in [0.25, 0.3) is 0 Å². The second-order valence-corrected chi connectivity index (χ2v) is 4.78. The zero-order chi connectivity index (χ0) is 11.6. The summed E-state index contributed by atoms with van der Waals surface area (Å²) in [5.41, 5.74) is 4.88. The van der Waals surface area contributed by atoms with Crippen molar-refractivity contribution in [2.75, 3.05) is 13.1 Å². The van der Waals surface area contributed by atoms with Crippen LogP contribution in [0.15, 0.2) is 0 Å². The van der Waals surface area contributed by atoms with E-state index in [1.54, 1.807) is 20.8 Å². The van der Waals surface area contributed by atoms with E-state index in [9.17, 15) is 9.18 Å². The lowest BCUT2D eigenvalue weighted by atomic mass is 10.2. The molecular weight excluding hydrogens is 199 g/mol. The maximum Gasteiger partial charge on any atom is 0.410 e. The summed E-state index contributed by atoms with van der Waals surface area (Å²) >= 11 is 0. The van der Waals surface area contributed by atoms with Crippen LogP contribution in [0.25, 0.3) is 0 Å². The molecule has 88 valence electrons. The van der Waals surface area contributed by atoms with E-state index in [0.717, 1.165) is 0 Å². The number of hydrogen-bond acceptors (Lipinski definition) is 3. The lowest BCUT2D eigenvalue weighted by Crippen LogP contribution is -2.45. The van der Waals surface area contributed by atoms with Gasteiger partial charge in [0.1, 0.15) is 11.8 Å². The number of carbonyl (C=O) groups is 1. The van der Waals surface area contributed by atoms with Gasteiger partial charge < -0.3 is 15.4 Å². The third-order valence-corrected chi connectivity index (χ3v) is 2.33. The van der Waals surface area contributed by atoms with Gasteiger partial charge in [0.15, 0.2) is 0 Å². The van der Waals surface area contributed by atoms with Crippen molar-refractivity contribution in [2.24, 2.45) is 5.73 Å². The van der Waals surface area contributed by atoms with Crippen molar-refractivity contribution in [3.8, 4) is 0 Å². The number of halogens is 1. The van der Waals surface area contributed by atoms with Gasteiger partial charge in [0.2, 0.25) is 0 Å². The molecule has 0 spiro atoms. The normalized spacial score (nSPS) is 26.9. The molecule has 1 aliphatic rings. The Balaban J connectivity index is 2.60. The summed E-state index contributed by atoms with van der Waals surface area (Å²) < 4.78 is 18.5. The Bertz CT molecular complexity index is 240. The number of likely N-dealkylation sites (tertiary alicyclic amines) is 1. The standard InChI is InChI=1S/C10H19FN2O2/c1-10(2,3)15-9(14)13-5-4-7(11)8(13)6-12/h7-8H,4-6,12H2,1-3H3/t7-,8+/m1/s1. The first-order chi connectivity index (χ1) is 6.85. The molecule has 4 nitrogen and oxygen atoms in total. The van der Waals surface area contributed by atoms with Gasteiger partial charge in [-0.05, 0) is 27.2 Å². The average Bonchev–Trinajstić information content (AvgIpc) is 2.43. The first kappa shape index (κ1) is 12.2. The van der Waals surface area contributed by atoms with Crippen molar-refractivity contribution < 1.29 is 13.9 Å². The molecule has 1 aliphatic heterocycles. The lowest BCUT2D eigenvalue weighted by Gasteiger charge is -2.28. The molecule has 1 rings (SSSR count). The predicted octanol–water partition coefficient (Wildman–Crippen LogP) is 1.29. The molecule has 0 unspecified atom stereocenters. The van der Waals surface area contributed by atoms with Gasteiger partial charge in [-0.15, -0.1) is 0 Å². The van der Waals surface area contributed by atoms with E-state index >= 15 is 0 Å². The van der Waals surface area contributed by atoms with Crippen LogP contribution in [-0.2, 0) is 4.74 Å². The van der Waals surface area contributed by atoms with E-state index in [4.69, 9.17) is 10.5 Å². The Morgan fingerprint density at radius 2 is 2.20 bits per heavy atom. The fourth-order valence-corrected chi connectivity index (χ4v) is 1.64. The Morgan fingerprint density at radius 1 is 1.60 bits per heavy atom. The fourth-order valence-electron chi connectivity index (χ4n) is 1.64. The Labute approximate surface area is 89.6 Å². The van der Waals surface area contributed by atoms with Crippen molar-refractivity contribution >= 4 is 6.09 Å². The molecule has 2 atom stereocenters. The van der Waals surface area contributed by atoms with E-state index in [1.165, 1.54) is 4.90 Å². The minimum Gasteiger partial charge on any atom is -0.444 e. The number of rotatable bonds is 1. The SMILES string of the molecule is CC(C)(C)OC(=O)N1CC[C@@H](F)[C@@H]1CN. The topological polar surface area (TPSA) is 55.6 Å². The van der Waals surface area contributed by atoms with Gasteiger partial charge in [0, 0.05) is 13.1 Å². The molecule has 0 aromatic heterocycles. The second-order valence-electron chi connectivity index (χ2n) is 4.78. The highest BCUT2D eigenvalue weighted by atomic mass is 19.1. The molecule has 1 amide bonds. The first-order valence-electron chi connectivity index (χ1n) is 5.19. The summed E-state index contributed by atoms with van der Waals surface area (Å²) in [5.74, 6) is 0. The third kappa shape index (κ3) is 3.06. The van der Waals surface area contributed by atoms with Crippen molar-refractivity contribution in [1.82, 2.24) is 4.90 Å². The monoisotopic (exact) mass is 218 g/mol. The second kappa shape index (κ2) is 4.35. The molecule has 0 aliphatic carbocycles. The van der Waals surface area contributed by atoms with E-state index in [-0.39, 0.29) is 6.54 Å². The Hall–Kier alpha value is -0.840. The maximum atomic E-state index is 13.3. The highest BCUT2D eigenvalue weighted by molar-refractivity contribution is 5.69. The smallest absolute Gasteiger partial charge is 0.410 e. The predicted molar refractivity (Wildman–Crippen MR) is 55.3 cm³/mol. The molecule has 5 heteroatoms. The zero-order valence-electron chi connectivity index (χ0n) is 9.50. The van der Waals surface area contributed by atoms with E-state index in [0.29, 0.717) is 13.0 Å². The molecule has 0 aromatic rings. The molecular formula is C10H19FN2O2. The molecule has 0 aromatic carbocycles. The number of carbonyl (C=O) groups excluding carboxylic acids is 1. The van der Waals surface area contributed by atoms with Crippen LogP contribution in [0, 0.1) is 0 Å². The number of ether oxygens (including phenoxy) is 1. The van der Waals surface area contributed by atoms with Gasteiger partial charge >= 0.3 is 6.09 Å². The van der Waals surface area contributed by atoms with Crippen LogP contribution in [-0.4, -0.2) is 41.9 Å². The summed E-state index contributed by atoms with van der Waals surface area (Å²) in [7, 11) is 0. The van der Waals surface area contributed by atoms with Crippen LogP contribution < -0.4 is 5.73 Å². The minimum atomic E-state index is -1.03. The molecule has 1 heterocycles. The Kier molecular flexibility index (Phi) is 3.54. The molecule has 1 saturated heterocycles. The number of hydrogen-bond donors (Lipinski definition) is 1. The molecule has 15 heavy (non-hydrogen) atoms. The number of nitrogens with zero attached hydrogens (tertiary/aromatic N) is 1.